The fourth-order valence-electron chi connectivity index (χ4n) is 5.87. The summed E-state index contributed by atoms with van der Waals surface area (Å²) in [6, 6.07) is 10.9. The Balaban J connectivity index is 1.33. The molecule has 2 aromatic carbocycles. The van der Waals surface area contributed by atoms with Crippen molar-refractivity contribution in [3.8, 4) is 16.9 Å². The Morgan fingerprint density at radius 2 is 1.94 bits per heavy atom. The standard InChI is InChI=1S/C28H35FN2O3/c1-4-11-33-23-14-20(13-22(29)15-23)19-5-6-24-21(12-19)16-28(2,3)26(24)30-27(32)34-25-17-31-9-7-18(25)8-10-31/h5-6,12-15,18,25-26H,4,7-11,16-17H2,1-3H3,(H,30,32)/t25-,26?/m1/s1. The van der Waals surface area contributed by atoms with Crippen molar-refractivity contribution in [1.29, 1.82) is 0 Å². The van der Waals surface area contributed by atoms with Crippen LogP contribution in [0.5, 0.6) is 5.75 Å². The third kappa shape index (κ3) is 4.65. The lowest BCUT2D eigenvalue weighted by atomic mass is 9.85. The number of hydrogen-bond donors (Lipinski definition) is 1. The minimum Gasteiger partial charge on any atom is -0.493 e. The van der Waals surface area contributed by atoms with Gasteiger partial charge < -0.3 is 14.8 Å². The normalized spacial score (nSPS) is 26.7. The third-order valence-electron chi connectivity index (χ3n) is 7.68. The number of halogens is 1. The van der Waals surface area contributed by atoms with Crippen LogP contribution in [0.2, 0.25) is 0 Å². The number of amides is 1. The highest BCUT2D eigenvalue weighted by Crippen LogP contribution is 2.46. The van der Waals surface area contributed by atoms with Gasteiger partial charge in [-0.3, -0.25) is 4.90 Å². The van der Waals surface area contributed by atoms with E-state index < -0.39 is 0 Å². The molecule has 0 aromatic heterocycles. The van der Waals surface area contributed by atoms with Crippen LogP contribution in [0.3, 0.4) is 0 Å². The Labute approximate surface area is 201 Å². The van der Waals surface area contributed by atoms with E-state index in [9.17, 15) is 9.18 Å². The summed E-state index contributed by atoms with van der Waals surface area (Å²) < 4.78 is 25.8. The van der Waals surface area contributed by atoms with Gasteiger partial charge in [0, 0.05) is 12.6 Å². The lowest BCUT2D eigenvalue weighted by molar-refractivity contribution is -0.0348. The van der Waals surface area contributed by atoms with Gasteiger partial charge in [-0.1, -0.05) is 39.0 Å². The smallest absolute Gasteiger partial charge is 0.407 e. The summed E-state index contributed by atoms with van der Waals surface area (Å²) >= 11 is 0. The minimum atomic E-state index is -0.323. The summed E-state index contributed by atoms with van der Waals surface area (Å²) in [7, 11) is 0. The fraction of sp³-hybridized carbons (Fsp3) is 0.536. The van der Waals surface area contributed by atoms with E-state index in [4.69, 9.17) is 9.47 Å². The molecule has 6 heteroatoms. The summed E-state index contributed by atoms with van der Waals surface area (Å²) in [4.78, 5) is 15.3. The van der Waals surface area contributed by atoms with Gasteiger partial charge in [0.2, 0.25) is 0 Å². The summed E-state index contributed by atoms with van der Waals surface area (Å²) in [5.41, 5.74) is 3.89. The monoisotopic (exact) mass is 466 g/mol. The van der Waals surface area contributed by atoms with Crippen LogP contribution in [0, 0.1) is 17.2 Å². The predicted molar refractivity (Wildman–Crippen MR) is 130 cm³/mol. The Hall–Kier alpha value is -2.60. The number of rotatable bonds is 6. The SMILES string of the molecule is CCCOc1cc(F)cc(-c2ccc3c(c2)CC(C)(C)C3NC(=O)O[C@@H]2CN3CCC2CC3)c1. The molecular formula is C28H35FN2O3. The van der Waals surface area contributed by atoms with Crippen molar-refractivity contribution in [3.63, 3.8) is 0 Å². The summed E-state index contributed by atoms with van der Waals surface area (Å²) in [6.45, 7) is 10.0. The highest BCUT2D eigenvalue weighted by Gasteiger charge is 2.42. The molecule has 3 heterocycles. The van der Waals surface area contributed by atoms with Crippen LogP contribution in [-0.2, 0) is 11.2 Å². The highest BCUT2D eigenvalue weighted by molar-refractivity contribution is 5.70. The van der Waals surface area contributed by atoms with Gasteiger partial charge in [-0.05, 0) is 84.5 Å². The van der Waals surface area contributed by atoms with E-state index in [0.29, 0.717) is 18.3 Å². The molecule has 34 heavy (non-hydrogen) atoms. The van der Waals surface area contributed by atoms with E-state index in [0.717, 1.165) is 62.0 Å². The number of nitrogens with zero attached hydrogens (tertiary/aromatic N) is 1. The molecule has 1 unspecified atom stereocenters. The van der Waals surface area contributed by atoms with E-state index in [1.54, 1.807) is 6.07 Å². The van der Waals surface area contributed by atoms with Crippen molar-refractivity contribution in [1.82, 2.24) is 10.2 Å². The summed E-state index contributed by atoms with van der Waals surface area (Å²) in [6.07, 6.45) is 3.60. The Morgan fingerprint density at radius 1 is 1.15 bits per heavy atom. The van der Waals surface area contributed by atoms with E-state index in [1.165, 1.54) is 11.6 Å². The van der Waals surface area contributed by atoms with Crippen LogP contribution in [0.25, 0.3) is 11.1 Å². The maximum Gasteiger partial charge on any atom is 0.407 e. The van der Waals surface area contributed by atoms with Crippen molar-refractivity contribution in [2.24, 2.45) is 11.3 Å². The molecule has 182 valence electrons. The molecular weight excluding hydrogens is 431 g/mol. The number of ether oxygens (including phenoxy) is 2. The second-order valence-electron chi connectivity index (χ2n) is 10.8. The van der Waals surface area contributed by atoms with Crippen LogP contribution >= 0.6 is 0 Å². The van der Waals surface area contributed by atoms with Crippen LogP contribution < -0.4 is 10.1 Å². The zero-order valence-corrected chi connectivity index (χ0v) is 20.4. The van der Waals surface area contributed by atoms with E-state index in [-0.39, 0.29) is 29.5 Å². The number of benzene rings is 2. The first-order chi connectivity index (χ1) is 16.3. The molecule has 5 nitrogen and oxygen atoms in total. The first-order valence-corrected chi connectivity index (χ1v) is 12.6. The fourth-order valence-corrected chi connectivity index (χ4v) is 5.87. The molecule has 2 aromatic rings. The maximum absolute atomic E-state index is 14.2. The van der Waals surface area contributed by atoms with E-state index >= 15 is 0 Å². The minimum absolute atomic E-state index is 0.00837. The Kier molecular flexibility index (Phi) is 6.28. The number of carbonyl (C=O) groups excluding carboxylic acids is 1. The molecule has 2 atom stereocenters. The van der Waals surface area contributed by atoms with Crippen molar-refractivity contribution in [2.75, 3.05) is 26.2 Å². The van der Waals surface area contributed by atoms with E-state index in [2.05, 4.69) is 36.2 Å². The van der Waals surface area contributed by atoms with Crippen LogP contribution in [0.1, 0.15) is 57.2 Å². The summed E-state index contributed by atoms with van der Waals surface area (Å²) in [5.74, 6) is 0.729. The number of fused-ring (bicyclic) bond motifs is 4. The highest BCUT2D eigenvalue weighted by atomic mass is 19.1. The molecule has 0 radical (unpaired) electrons. The van der Waals surface area contributed by atoms with E-state index in [1.807, 2.05) is 19.1 Å². The molecule has 0 saturated carbocycles. The predicted octanol–water partition coefficient (Wildman–Crippen LogP) is 5.73. The second-order valence-corrected chi connectivity index (χ2v) is 10.8. The maximum atomic E-state index is 14.2. The van der Waals surface area contributed by atoms with Gasteiger partial charge in [-0.2, -0.15) is 0 Å². The number of alkyl carbamates (subject to hydrolysis) is 1. The molecule has 0 spiro atoms. The molecule has 1 N–H and O–H groups in total. The quantitative estimate of drug-likeness (QED) is 0.591. The van der Waals surface area contributed by atoms with Gasteiger partial charge in [0.1, 0.15) is 17.7 Å². The van der Waals surface area contributed by atoms with Crippen LogP contribution in [-0.4, -0.2) is 43.3 Å². The molecule has 1 amide bonds. The number of carbonyl (C=O) groups is 1. The number of hydrogen-bond acceptors (Lipinski definition) is 4. The first-order valence-electron chi connectivity index (χ1n) is 12.6. The number of nitrogens with one attached hydrogen (secondary N) is 1. The lowest BCUT2D eigenvalue weighted by Crippen LogP contribution is -2.53. The average Bonchev–Trinajstić information content (AvgIpc) is 3.06. The molecule has 4 aliphatic rings. The van der Waals surface area contributed by atoms with Crippen molar-refractivity contribution >= 4 is 6.09 Å². The third-order valence-corrected chi connectivity index (χ3v) is 7.68. The molecule has 3 fully saturated rings. The average molecular weight is 467 g/mol. The van der Waals surface area contributed by atoms with Crippen molar-refractivity contribution in [2.45, 2.75) is 58.6 Å². The Morgan fingerprint density at radius 3 is 2.65 bits per heavy atom. The zero-order valence-electron chi connectivity index (χ0n) is 20.4. The summed E-state index contributed by atoms with van der Waals surface area (Å²) in [5, 5.41) is 3.17. The molecule has 3 aliphatic heterocycles. The second kappa shape index (κ2) is 9.21. The zero-order chi connectivity index (χ0) is 23.9. The molecule has 3 saturated heterocycles. The van der Waals surface area contributed by atoms with Crippen LogP contribution in [0.4, 0.5) is 9.18 Å². The van der Waals surface area contributed by atoms with Gasteiger partial charge >= 0.3 is 6.09 Å². The van der Waals surface area contributed by atoms with Gasteiger partial charge in [0.05, 0.1) is 12.6 Å². The van der Waals surface area contributed by atoms with Gasteiger partial charge in [-0.15, -0.1) is 0 Å². The molecule has 6 rings (SSSR count). The Bertz CT molecular complexity index is 1060. The first kappa shape index (κ1) is 23.2. The van der Waals surface area contributed by atoms with Gasteiger partial charge in [0.15, 0.2) is 0 Å². The van der Waals surface area contributed by atoms with Crippen LogP contribution in [0.15, 0.2) is 36.4 Å². The van der Waals surface area contributed by atoms with Gasteiger partial charge in [-0.25, -0.2) is 9.18 Å². The topological polar surface area (TPSA) is 50.8 Å². The molecule has 2 bridgehead atoms. The molecule has 1 aliphatic carbocycles. The van der Waals surface area contributed by atoms with Gasteiger partial charge in [0.25, 0.3) is 0 Å². The van der Waals surface area contributed by atoms with Crippen molar-refractivity contribution in [3.05, 3.63) is 53.3 Å². The lowest BCUT2D eigenvalue weighted by Gasteiger charge is -2.44. The van der Waals surface area contributed by atoms with Crippen molar-refractivity contribution < 1.29 is 18.7 Å². The number of piperidine rings is 3. The largest absolute Gasteiger partial charge is 0.493 e.